The normalized spacial score (nSPS) is 9.40. The van der Waals surface area contributed by atoms with Crippen molar-refractivity contribution < 1.29 is 4.39 Å². The summed E-state index contributed by atoms with van der Waals surface area (Å²) in [7, 11) is 0. The second-order valence-corrected chi connectivity index (χ2v) is 2.73. The SMILES string of the molecule is N=Cc1ccc(Br)cc1F. The highest BCUT2D eigenvalue weighted by Crippen LogP contribution is 2.13. The van der Waals surface area contributed by atoms with Gasteiger partial charge in [-0.2, -0.15) is 0 Å². The van der Waals surface area contributed by atoms with Crippen molar-refractivity contribution in [1.82, 2.24) is 0 Å². The summed E-state index contributed by atoms with van der Waals surface area (Å²) in [5.41, 5.74) is 0.309. The van der Waals surface area contributed by atoms with Crippen molar-refractivity contribution in [2.24, 2.45) is 0 Å². The highest BCUT2D eigenvalue weighted by atomic mass is 79.9. The van der Waals surface area contributed by atoms with E-state index >= 15 is 0 Å². The van der Waals surface area contributed by atoms with Crippen LogP contribution in [0.4, 0.5) is 4.39 Å². The van der Waals surface area contributed by atoms with Gasteiger partial charge in [0.15, 0.2) is 0 Å². The molecule has 0 unspecified atom stereocenters. The Morgan fingerprint density at radius 3 is 2.70 bits per heavy atom. The van der Waals surface area contributed by atoms with E-state index in [2.05, 4.69) is 15.9 Å². The Labute approximate surface area is 66.5 Å². The lowest BCUT2D eigenvalue weighted by Crippen LogP contribution is -1.85. The maximum atomic E-state index is 12.7. The topological polar surface area (TPSA) is 23.9 Å². The second-order valence-electron chi connectivity index (χ2n) is 1.81. The largest absolute Gasteiger partial charge is 0.308 e. The molecular formula is C7H5BrFN. The lowest BCUT2D eigenvalue weighted by Gasteiger charge is -1.94. The van der Waals surface area contributed by atoms with E-state index in [0.717, 1.165) is 6.21 Å². The number of benzene rings is 1. The summed E-state index contributed by atoms with van der Waals surface area (Å²) in [6.07, 6.45) is 0.988. The van der Waals surface area contributed by atoms with Crippen LogP contribution in [0.3, 0.4) is 0 Å². The predicted octanol–water partition coefficient (Wildman–Crippen LogP) is 2.59. The van der Waals surface area contributed by atoms with Crippen molar-refractivity contribution in [2.75, 3.05) is 0 Å². The van der Waals surface area contributed by atoms with Crippen LogP contribution < -0.4 is 0 Å². The van der Waals surface area contributed by atoms with Crippen LogP contribution in [0.15, 0.2) is 22.7 Å². The molecule has 1 N–H and O–H groups in total. The molecule has 0 spiro atoms. The molecule has 0 bridgehead atoms. The monoisotopic (exact) mass is 201 g/mol. The van der Waals surface area contributed by atoms with Gasteiger partial charge < -0.3 is 5.41 Å². The highest BCUT2D eigenvalue weighted by Gasteiger charge is 1.97. The third kappa shape index (κ3) is 1.42. The summed E-state index contributed by atoms with van der Waals surface area (Å²) in [6.45, 7) is 0. The van der Waals surface area contributed by atoms with Crippen molar-refractivity contribution in [1.29, 1.82) is 5.41 Å². The molecule has 0 aromatic heterocycles. The third-order valence-electron chi connectivity index (χ3n) is 1.12. The molecule has 3 heteroatoms. The second kappa shape index (κ2) is 2.92. The summed E-state index contributed by atoms with van der Waals surface area (Å²) < 4.78 is 13.4. The van der Waals surface area contributed by atoms with E-state index < -0.39 is 0 Å². The Kier molecular flexibility index (Phi) is 2.17. The molecule has 0 aliphatic rings. The van der Waals surface area contributed by atoms with E-state index in [1.54, 1.807) is 12.1 Å². The fourth-order valence-electron chi connectivity index (χ4n) is 0.619. The van der Waals surface area contributed by atoms with Crippen LogP contribution in [0, 0.1) is 11.2 Å². The molecule has 1 aromatic rings. The molecular weight excluding hydrogens is 197 g/mol. The molecule has 52 valence electrons. The molecule has 0 heterocycles. The van der Waals surface area contributed by atoms with Gasteiger partial charge in [-0.25, -0.2) is 4.39 Å². The van der Waals surface area contributed by atoms with Gasteiger partial charge in [-0.05, 0) is 18.2 Å². The summed E-state index contributed by atoms with van der Waals surface area (Å²) in [5.74, 6) is -0.371. The Balaban J connectivity index is 3.19. The van der Waals surface area contributed by atoms with Crippen molar-refractivity contribution in [2.45, 2.75) is 0 Å². The highest BCUT2D eigenvalue weighted by molar-refractivity contribution is 9.10. The van der Waals surface area contributed by atoms with E-state index in [1.807, 2.05) is 0 Å². The summed E-state index contributed by atoms with van der Waals surface area (Å²) >= 11 is 3.11. The number of hydrogen-bond donors (Lipinski definition) is 1. The Bertz CT molecular complexity index is 260. The molecule has 10 heavy (non-hydrogen) atoms. The van der Waals surface area contributed by atoms with Gasteiger partial charge in [0.2, 0.25) is 0 Å². The van der Waals surface area contributed by atoms with Crippen LogP contribution in [0.25, 0.3) is 0 Å². The molecule has 0 aliphatic carbocycles. The smallest absolute Gasteiger partial charge is 0.133 e. The molecule has 1 aromatic carbocycles. The van der Waals surface area contributed by atoms with E-state index in [9.17, 15) is 4.39 Å². The van der Waals surface area contributed by atoms with E-state index in [1.165, 1.54) is 6.07 Å². The van der Waals surface area contributed by atoms with Gasteiger partial charge in [0, 0.05) is 16.3 Å². The van der Waals surface area contributed by atoms with Gasteiger partial charge in [-0.1, -0.05) is 15.9 Å². The van der Waals surface area contributed by atoms with E-state index in [0.29, 0.717) is 10.0 Å². The molecule has 0 aliphatic heterocycles. The zero-order valence-corrected chi connectivity index (χ0v) is 6.65. The van der Waals surface area contributed by atoms with Gasteiger partial charge in [0.1, 0.15) is 5.82 Å². The van der Waals surface area contributed by atoms with Crippen molar-refractivity contribution >= 4 is 22.1 Å². The van der Waals surface area contributed by atoms with Crippen LogP contribution in [0.5, 0.6) is 0 Å². The average molecular weight is 202 g/mol. The number of rotatable bonds is 1. The lowest BCUT2D eigenvalue weighted by atomic mass is 10.2. The zero-order valence-electron chi connectivity index (χ0n) is 5.07. The molecule has 0 radical (unpaired) electrons. The Morgan fingerprint density at radius 1 is 1.50 bits per heavy atom. The fourth-order valence-corrected chi connectivity index (χ4v) is 0.952. The summed E-state index contributed by atoms with van der Waals surface area (Å²) in [6, 6.07) is 4.58. The standard InChI is InChI=1S/C7H5BrFN/c8-6-2-1-5(4-10)7(9)3-6/h1-4,10H. The van der Waals surface area contributed by atoms with Gasteiger partial charge in [0.25, 0.3) is 0 Å². The fraction of sp³-hybridized carbons (Fsp3) is 0. The average Bonchev–Trinajstić information content (AvgIpc) is 1.88. The van der Waals surface area contributed by atoms with Gasteiger partial charge in [-0.15, -0.1) is 0 Å². The van der Waals surface area contributed by atoms with Gasteiger partial charge >= 0.3 is 0 Å². The van der Waals surface area contributed by atoms with E-state index in [-0.39, 0.29) is 5.82 Å². The Hall–Kier alpha value is -0.700. The predicted molar refractivity (Wildman–Crippen MR) is 42.0 cm³/mol. The lowest BCUT2D eigenvalue weighted by molar-refractivity contribution is 0.625. The first-order valence-corrected chi connectivity index (χ1v) is 3.49. The van der Waals surface area contributed by atoms with Crippen molar-refractivity contribution in [3.05, 3.63) is 34.1 Å². The van der Waals surface area contributed by atoms with Crippen molar-refractivity contribution in [3.63, 3.8) is 0 Å². The van der Waals surface area contributed by atoms with Crippen LogP contribution in [0.2, 0.25) is 0 Å². The third-order valence-corrected chi connectivity index (χ3v) is 1.61. The maximum Gasteiger partial charge on any atom is 0.133 e. The first-order valence-electron chi connectivity index (χ1n) is 2.69. The maximum absolute atomic E-state index is 12.7. The van der Waals surface area contributed by atoms with Crippen LogP contribution in [0.1, 0.15) is 5.56 Å². The molecule has 0 fully saturated rings. The molecule has 0 amide bonds. The van der Waals surface area contributed by atoms with Crippen molar-refractivity contribution in [3.8, 4) is 0 Å². The Morgan fingerprint density at radius 2 is 2.20 bits per heavy atom. The minimum absolute atomic E-state index is 0.309. The first kappa shape index (κ1) is 7.41. The minimum Gasteiger partial charge on any atom is -0.308 e. The minimum atomic E-state index is -0.371. The number of halogens is 2. The van der Waals surface area contributed by atoms with Crippen LogP contribution >= 0.6 is 15.9 Å². The van der Waals surface area contributed by atoms with E-state index in [4.69, 9.17) is 5.41 Å². The molecule has 1 nitrogen and oxygen atoms in total. The molecule has 0 saturated carbocycles. The molecule has 0 atom stereocenters. The quantitative estimate of drug-likeness (QED) is 0.676. The zero-order chi connectivity index (χ0) is 7.56. The first-order chi connectivity index (χ1) is 4.74. The van der Waals surface area contributed by atoms with Gasteiger partial charge in [0.05, 0.1) is 0 Å². The summed E-state index contributed by atoms with van der Waals surface area (Å²) in [4.78, 5) is 0. The van der Waals surface area contributed by atoms with Crippen LogP contribution in [-0.2, 0) is 0 Å². The summed E-state index contributed by atoms with van der Waals surface area (Å²) in [5, 5.41) is 6.77. The van der Waals surface area contributed by atoms with Crippen LogP contribution in [-0.4, -0.2) is 6.21 Å². The van der Waals surface area contributed by atoms with Gasteiger partial charge in [-0.3, -0.25) is 0 Å². The molecule has 1 rings (SSSR count). The number of nitrogens with one attached hydrogen (secondary N) is 1. The number of hydrogen-bond acceptors (Lipinski definition) is 1. The molecule has 0 saturated heterocycles.